The molecule has 3 aromatic rings. The summed E-state index contributed by atoms with van der Waals surface area (Å²) < 4.78 is 13.2. The molecule has 2 aromatic heterocycles. The fourth-order valence-electron chi connectivity index (χ4n) is 3.70. The first-order valence-corrected chi connectivity index (χ1v) is 10.1. The first kappa shape index (κ1) is 18.7. The number of ether oxygens (including phenoxy) is 2. The van der Waals surface area contributed by atoms with E-state index in [1.54, 1.807) is 44.8 Å². The number of para-hydroxylation sites is 2. The maximum atomic E-state index is 12.8. The molecule has 0 spiro atoms. The number of carbonyl (C=O) groups excluding carboxylic acids is 2. The molecular formula is C21H19ClN4O4. The molecule has 9 heteroatoms. The molecule has 1 fully saturated rings. The third kappa shape index (κ3) is 3.43. The molecule has 1 atom stereocenters. The van der Waals surface area contributed by atoms with Crippen molar-refractivity contribution >= 4 is 29.1 Å². The Hall–Kier alpha value is -3.26. The number of halogens is 1. The third-order valence-electron chi connectivity index (χ3n) is 5.30. The molecule has 0 radical (unpaired) electrons. The van der Waals surface area contributed by atoms with Crippen molar-refractivity contribution in [1.82, 2.24) is 19.2 Å². The zero-order valence-corrected chi connectivity index (χ0v) is 16.8. The number of rotatable bonds is 2. The monoisotopic (exact) mass is 426 g/mol. The van der Waals surface area contributed by atoms with Gasteiger partial charge in [0.25, 0.3) is 11.8 Å². The molecule has 8 nitrogen and oxygen atoms in total. The van der Waals surface area contributed by atoms with Gasteiger partial charge in [-0.1, -0.05) is 23.7 Å². The largest absolute Gasteiger partial charge is 0.485 e. The Morgan fingerprint density at radius 2 is 1.77 bits per heavy atom. The molecule has 1 unspecified atom stereocenters. The Morgan fingerprint density at radius 3 is 2.57 bits per heavy atom. The van der Waals surface area contributed by atoms with Crippen molar-refractivity contribution in [1.29, 1.82) is 0 Å². The minimum atomic E-state index is -0.676. The lowest BCUT2D eigenvalue weighted by molar-refractivity contribution is -0.142. The molecule has 0 saturated carbocycles. The standard InChI is InChI=1S/C21H19ClN4O4/c22-14-5-6-26-12-15(23-19(26)11-14)20(27)24-7-9-25(10-8-24)21(28)18-13-29-16-3-1-2-4-17(16)30-18/h1-6,11-12,18H,7-10,13H2. The fourth-order valence-corrected chi connectivity index (χ4v) is 3.85. The summed E-state index contributed by atoms with van der Waals surface area (Å²) in [5, 5.41) is 0.566. The van der Waals surface area contributed by atoms with Gasteiger partial charge in [0, 0.05) is 49.7 Å². The van der Waals surface area contributed by atoms with E-state index < -0.39 is 6.10 Å². The van der Waals surface area contributed by atoms with E-state index in [0.717, 1.165) is 0 Å². The predicted octanol–water partition coefficient (Wildman–Crippen LogP) is 2.11. The molecule has 0 N–H and O–H groups in total. The molecule has 2 aliphatic heterocycles. The van der Waals surface area contributed by atoms with E-state index in [0.29, 0.717) is 54.0 Å². The van der Waals surface area contributed by atoms with Gasteiger partial charge in [0.1, 0.15) is 17.9 Å². The normalized spacial score (nSPS) is 18.5. The number of hydrogen-bond donors (Lipinski definition) is 0. The van der Waals surface area contributed by atoms with Crippen LogP contribution in [0.4, 0.5) is 0 Å². The van der Waals surface area contributed by atoms with Crippen LogP contribution in [0.25, 0.3) is 5.65 Å². The number of nitrogens with zero attached hydrogens (tertiary/aromatic N) is 4. The van der Waals surface area contributed by atoms with Gasteiger partial charge >= 0.3 is 0 Å². The van der Waals surface area contributed by atoms with Crippen LogP contribution >= 0.6 is 11.6 Å². The average Bonchev–Trinajstić information content (AvgIpc) is 3.21. The minimum absolute atomic E-state index is 0.126. The van der Waals surface area contributed by atoms with E-state index >= 15 is 0 Å². The smallest absolute Gasteiger partial charge is 0.274 e. The second-order valence-electron chi connectivity index (χ2n) is 7.22. The highest BCUT2D eigenvalue weighted by molar-refractivity contribution is 6.30. The SMILES string of the molecule is O=C(c1cn2ccc(Cl)cc2n1)N1CCN(C(=O)C2COc3ccccc3O2)CC1. The number of piperazine rings is 1. The lowest BCUT2D eigenvalue weighted by atomic mass is 10.2. The van der Waals surface area contributed by atoms with E-state index in [-0.39, 0.29) is 18.4 Å². The summed E-state index contributed by atoms with van der Waals surface area (Å²) in [5.74, 6) is 0.931. The summed E-state index contributed by atoms with van der Waals surface area (Å²) in [7, 11) is 0. The van der Waals surface area contributed by atoms with Gasteiger partial charge in [-0.05, 0) is 18.2 Å². The van der Waals surface area contributed by atoms with Crippen molar-refractivity contribution in [2.24, 2.45) is 0 Å². The number of fused-ring (bicyclic) bond motifs is 2. The second kappa shape index (κ2) is 7.53. The van der Waals surface area contributed by atoms with Gasteiger partial charge in [-0.25, -0.2) is 4.98 Å². The number of carbonyl (C=O) groups is 2. The molecule has 1 saturated heterocycles. The number of pyridine rings is 1. The Morgan fingerprint density at radius 1 is 1.03 bits per heavy atom. The molecule has 154 valence electrons. The van der Waals surface area contributed by atoms with Crippen molar-refractivity contribution in [2.75, 3.05) is 32.8 Å². The van der Waals surface area contributed by atoms with Crippen LogP contribution in [-0.2, 0) is 4.79 Å². The van der Waals surface area contributed by atoms with E-state index in [1.807, 2.05) is 18.2 Å². The Bertz CT molecular complexity index is 1120. The summed E-state index contributed by atoms with van der Waals surface area (Å²) in [6, 6.07) is 10.7. The number of aromatic nitrogens is 2. The van der Waals surface area contributed by atoms with Crippen molar-refractivity contribution < 1.29 is 19.1 Å². The summed E-state index contributed by atoms with van der Waals surface area (Å²) in [4.78, 5) is 33.5. The Kier molecular flexibility index (Phi) is 4.71. The van der Waals surface area contributed by atoms with Gasteiger partial charge in [-0.15, -0.1) is 0 Å². The summed E-state index contributed by atoms with van der Waals surface area (Å²) >= 11 is 5.99. The van der Waals surface area contributed by atoms with Gasteiger partial charge in [0.15, 0.2) is 11.5 Å². The Balaban J connectivity index is 1.21. The number of benzene rings is 1. The highest BCUT2D eigenvalue weighted by atomic mass is 35.5. The predicted molar refractivity (Wildman–Crippen MR) is 109 cm³/mol. The topological polar surface area (TPSA) is 76.4 Å². The van der Waals surface area contributed by atoms with Crippen LogP contribution in [-0.4, -0.2) is 69.9 Å². The summed E-state index contributed by atoms with van der Waals surface area (Å²) in [6.45, 7) is 1.92. The van der Waals surface area contributed by atoms with Crippen LogP contribution in [0, 0.1) is 0 Å². The van der Waals surface area contributed by atoms with Crippen LogP contribution in [0.5, 0.6) is 11.5 Å². The van der Waals surface area contributed by atoms with Crippen LogP contribution < -0.4 is 9.47 Å². The highest BCUT2D eigenvalue weighted by Crippen LogP contribution is 2.31. The van der Waals surface area contributed by atoms with Crippen molar-refractivity contribution in [2.45, 2.75) is 6.10 Å². The minimum Gasteiger partial charge on any atom is -0.485 e. The van der Waals surface area contributed by atoms with Crippen molar-refractivity contribution in [3.63, 3.8) is 0 Å². The van der Waals surface area contributed by atoms with Gasteiger partial charge in [0.2, 0.25) is 6.10 Å². The molecule has 2 amide bonds. The Labute approximate surface area is 177 Å². The van der Waals surface area contributed by atoms with E-state index in [1.165, 1.54) is 0 Å². The third-order valence-corrected chi connectivity index (χ3v) is 5.54. The van der Waals surface area contributed by atoms with Gasteiger partial charge < -0.3 is 23.7 Å². The number of imidazole rings is 1. The molecule has 1 aromatic carbocycles. The maximum absolute atomic E-state index is 12.8. The van der Waals surface area contributed by atoms with E-state index in [2.05, 4.69) is 4.98 Å². The number of hydrogen-bond acceptors (Lipinski definition) is 5. The van der Waals surface area contributed by atoms with Crippen LogP contribution in [0.3, 0.4) is 0 Å². The molecule has 30 heavy (non-hydrogen) atoms. The maximum Gasteiger partial charge on any atom is 0.274 e. The molecule has 0 bridgehead atoms. The zero-order valence-electron chi connectivity index (χ0n) is 16.0. The van der Waals surface area contributed by atoms with Gasteiger partial charge in [-0.2, -0.15) is 0 Å². The number of amides is 2. The van der Waals surface area contributed by atoms with Crippen molar-refractivity contribution in [3.8, 4) is 11.5 Å². The molecule has 2 aliphatic rings. The average molecular weight is 427 g/mol. The fraction of sp³-hybridized carbons (Fsp3) is 0.286. The van der Waals surface area contributed by atoms with Gasteiger partial charge in [-0.3, -0.25) is 9.59 Å². The van der Waals surface area contributed by atoms with Crippen LogP contribution in [0.1, 0.15) is 10.5 Å². The zero-order chi connectivity index (χ0) is 20.7. The van der Waals surface area contributed by atoms with E-state index in [4.69, 9.17) is 21.1 Å². The highest BCUT2D eigenvalue weighted by Gasteiger charge is 2.33. The molecule has 5 rings (SSSR count). The van der Waals surface area contributed by atoms with Crippen LogP contribution in [0.15, 0.2) is 48.8 Å². The first-order valence-electron chi connectivity index (χ1n) is 9.69. The quantitative estimate of drug-likeness (QED) is 0.627. The molecular weight excluding hydrogens is 408 g/mol. The summed E-state index contributed by atoms with van der Waals surface area (Å²) in [5.41, 5.74) is 0.979. The lowest BCUT2D eigenvalue weighted by Crippen LogP contribution is -2.55. The van der Waals surface area contributed by atoms with E-state index in [9.17, 15) is 9.59 Å². The first-order chi connectivity index (χ1) is 14.6. The lowest BCUT2D eigenvalue weighted by Gasteiger charge is -2.36. The van der Waals surface area contributed by atoms with Crippen molar-refractivity contribution in [3.05, 3.63) is 59.5 Å². The molecule has 4 heterocycles. The van der Waals surface area contributed by atoms with Gasteiger partial charge in [0.05, 0.1) is 0 Å². The van der Waals surface area contributed by atoms with Crippen LogP contribution in [0.2, 0.25) is 5.02 Å². The second-order valence-corrected chi connectivity index (χ2v) is 7.65. The molecule has 0 aliphatic carbocycles. The summed E-state index contributed by atoms with van der Waals surface area (Å²) in [6.07, 6.45) is 2.78.